The van der Waals surface area contributed by atoms with Gasteiger partial charge in [-0.3, -0.25) is 4.18 Å². The molecule has 0 saturated carbocycles. The van der Waals surface area contributed by atoms with Crippen molar-refractivity contribution in [2.24, 2.45) is 0 Å². The van der Waals surface area contributed by atoms with Crippen LogP contribution in [-0.4, -0.2) is 196 Å². The molecule has 0 aromatic rings. The molecule has 1 saturated heterocycles. The molecule has 0 amide bonds. The van der Waals surface area contributed by atoms with E-state index in [1.807, 2.05) is 6.92 Å². The van der Waals surface area contributed by atoms with Crippen molar-refractivity contribution in [1.29, 1.82) is 0 Å². The molecule has 1 heterocycles. The maximum absolute atomic E-state index is 10.3. The van der Waals surface area contributed by atoms with Crippen LogP contribution in [0.5, 0.6) is 0 Å². The Morgan fingerprint density at radius 3 is 1.40 bits per heavy atom. The molecule has 0 aromatic heterocycles. The second kappa shape index (κ2) is 46.2. The Bertz CT molecular complexity index is 1050. The Balaban J connectivity index is 0.0000372. The summed E-state index contributed by atoms with van der Waals surface area (Å²) < 4.78 is 114. The van der Waals surface area contributed by atoms with Gasteiger partial charge in [-0.15, -0.1) is 6.58 Å². The molecule has 0 aliphatic carbocycles. The van der Waals surface area contributed by atoms with E-state index in [4.69, 9.17) is 66.3 Å². The smallest absolute Gasteiger partial charge is 0.726 e. The maximum Gasteiger partial charge on any atom is 1.00 e. The number of unbranched alkanes of at least 4 members (excludes halogenated alkanes) is 8. The van der Waals surface area contributed by atoms with Crippen molar-refractivity contribution < 1.29 is 113 Å². The second-order valence-electron chi connectivity index (χ2n) is 14.4. The van der Waals surface area contributed by atoms with Crippen LogP contribution in [0.15, 0.2) is 12.7 Å². The average Bonchev–Trinajstić information content (AvgIpc) is 3.61. The first-order valence-electron chi connectivity index (χ1n) is 22.3. The normalized spacial score (nSPS) is 17.1. The largest absolute Gasteiger partial charge is 1.00 e. The zero-order valence-electron chi connectivity index (χ0n) is 38.4. The number of rotatable bonds is 50. The van der Waals surface area contributed by atoms with Crippen molar-refractivity contribution >= 4 is 10.4 Å². The van der Waals surface area contributed by atoms with Crippen LogP contribution in [0.1, 0.15) is 78.1 Å². The molecule has 3 atom stereocenters. The first-order valence-corrected chi connectivity index (χ1v) is 23.6. The van der Waals surface area contributed by atoms with Crippen LogP contribution < -0.4 is 29.6 Å². The Kier molecular flexibility index (Phi) is 46.2. The number of hydrogen-bond acceptors (Lipinski definition) is 18. The first-order chi connectivity index (χ1) is 29.8. The van der Waals surface area contributed by atoms with Crippen LogP contribution in [0.25, 0.3) is 0 Å². The van der Waals surface area contributed by atoms with E-state index >= 15 is 0 Å². The van der Waals surface area contributed by atoms with E-state index in [9.17, 15) is 13.0 Å². The van der Waals surface area contributed by atoms with Crippen molar-refractivity contribution in [1.82, 2.24) is 0 Å². The summed E-state index contributed by atoms with van der Waals surface area (Å²) in [4.78, 5) is 0. The molecule has 18 nitrogen and oxygen atoms in total. The molecule has 0 N–H and O–H groups in total. The SMILES string of the molecule is C=CCOCC(COCC1COC(C)(CCCCCCCCCCC)O1)OCCOCCOCCOCCOCCOCCOCCOCCOCCOCCOS(=O)(=O)[O-].[Na+]. The van der Waals surface area contributed by atoms with E-state index in [-0.39, 0.29) is 61.6 Å². The summed E-state index contributed by atoms with van der Waals surface area (Å²) in [6.45, 7) is 17.5. The molecule has 0 spiro atoms. The van der Waals surface area contributed by atoms with Crippen LogP contribution in [0.4, 0.5) is 0 Å². The summed E-state index contributed by atoms with van der Waals surface area (Å²) in [7, 11) is -4.68. The van der Waals surface area contributed by atoms with Crippen molar-refractivity contribution in [2.75, 3.05) is 165 Å². The molecule has 1 aliphatic rings. The molecule has 364 valence electrons. The minimum absolute atomic E-state index is 0. The third kappa shape index (κ3) is 43.9. The Labute approximate surface area is 395 Å². The quantitative estimate of drug-likeness (QED) is 0.0278. The average molecular weight is 929 g/mol. The minimum Gasteiger partial charge on any atom is -0.726 e. The van der Waals surface area contributed by atoms with Gasteiger partial charge in [0.25, 0.3) is 0 Å². The molecule has 3 unspecified atom stereocenters. The van der Waals surface area contributed by atoms with Gasteiger partial charge in [-0.05, 0) is 13.3 Å². The minimum atomic E-state index is -4.68. The Morgan fingerprint density at radius 2 is 0.984 bits per heavy atom. The van der Waals surface area contributed by atoms with Gasteiger partial charge in [-0.1, -0.05) is 64.4 Å². The third-order valence-electron chi connectivity index (χ3n) is 8.88. The van der Waals surface area contributed by atoms with Gasteiger partial charge in [0.2, 0.25) is 10.4 Å². The molecule has 62 heavy (non-hydrogen) atoms. The fourth-order valence-electron chi connectivity index (χ4n) is 5.75. The van der Waals surface area contributed by atoms with Gasteiger partial charge >= 0.3 is 29.6 Å². The fraction of sp³-hybridized carbons (Fsp3) is 0.952. The standard InChI is InChI=1S/C42H82O18S.Na/c1-4-6-7-8-9-10-11-12-13-14-42(3)58-39-41(60-42)38-56-37-40(36-55-15-5-2)57-34-32-53-30-28-51-26-24-49-22-20-47-18-16-46-17-19-48-21-23-50-25-27-52-29-31-54-33-35-59-61(43,44)45;/h5,40-41H,2,4,6-39H2,1,3H3,(H,43,44,45);/q;+1/p-1. The molecular weight excluding hydrogens is 848 g/mol. The summed E-state index contributed by atoms with van der Waals surface area (Å²) >= 11 is 0. The zero-order chi connectivity index (χ0) is 44.2. The van der Waals surface area contributed by atoms with Gasteiger partial charge in [0.05, 0.1) is 165 Å². The monoisotopic (exact) mass is 929 g/mol. The van der Waals surface area contributed by atoms with E-state index in [0.29, 0.717) is 145 Å². The topological polar surface area (TPSA) is 196 Å². The summed E-state index contributed by atoms with van der Waals surface area (Å²) in [5.74, 6) is -0.532. The predicted molar refractivity (Wildman–Crippen MR) is 226 cm³/mol. The molecule has 1 aliphatic heterocycles. The van der Waals surface area contributed by atoms with Crippen LogP contribution in [0.3, 0.4) is 0 Å². The van der Waals surface area contributed by atoms with Gasteiger partial charge in [0, 0.05) is 6.42 Å². The summed E-state index contributed by atoms with van der Waals surface area (Å²) in [5, 5.41) is 0. The van der Waals surface area contributed by atoms with Crippen LogP contribution >= 0.6 is 0 Å². The fourth-order valence-corrected chi connectivity index (χ4v) is 6.02. The van der Waals surface area contributed by atoms with Crippen LogP contribution in [0, 0.1) is 0 Å². The molecule has 0 bridgehead atoms. The molecule has 1 rings (SSSR count). The molecule has 0 radical (unpaired) electrons. The van der Waals surface area contributed by atoms with E-state index in [2.05, 4.69) is 17.7 Å². The van der Waals surface area contributed by atoms with Gasteiger partial charge in [0.1, 0.15) is 12.2 Å². The molecular formula is C42H81NaO18S. The first kappa shape index (κ1) is 62.1. The molecule has 0 aromatic carbocycles. The van der Waals surface area contributed by atoms with E-state index in [1.165, 1.54) is 51.4 Å². The van der Waals surface area contributed by atoms with Gasteiger partial charge in [-0.2, -0.15) is 0 Å². The zero-order valence-corrected chi connectivity index (χ0v) is 41.3. The van der Waals surface area contributed by atoms with Crippen molar-refractivity contribution in [3.63, 3.8) is 0 Å². The van der Waals surface area contributed by atoms with Crippen molar-refractivity contribution in [3.05, 3.63) is 12.7 Å². The van der Waals surface area contributed by atoms with E-state index < -0.39 is 16.2 Å². The van der Waals surface area contributed by atoms with Crippen molar-refractivity contribution in [2.45, 2.75) is 96.1 Å². The Morgan fingerprint density at radius 1 is 0.597 bits per heavy atom. The van der Waals surface area contributed by atoms with Crippen molar-refractivity contribution in [3.8, 4) is 0 Å². The number of ether oxygens (including phenoxy) is 14. The van der Waals surface area contributed by atoms with Gasteiger partial charge in [0.15, 0.2) is 5.79 Å². The molecule has 20 heteroatoms. The molecule has 1 fully saturated rings. The third-order valence-corrected chi connectivity index (χ3v) is 9.34. The summed E-state index contributed by atoms with van der Waals surface area (Å²) in [6.07, 6.45) is 13.9. The van der Waals surface area contributed by atoms with Gasteiger partial charge < -0.3 is 70.9 Å². The van der Waals surface area contributed by atoms with E-state index in [0.717, 1.165) is 12.8 Å². The van der Waals surface area contributed by atoms with E-state index in [1.54, 1.807) is 6.08 Å². The summed E-state index contributed by atoms with van der Waals surface area (Å²) in [5.41, 5.74) is 0. The van der Waals surface area contributed by atoms with Gasteiger partial charge in [-0.25, -0.2) is 8.42 Å². The predicted octanol–water partition coefficient (Wildman–Crippen LogP) is 1.27. The maximum atomic E-state index is 10.3. The number of hydrogen-bond donors (Lipinski definition) is 0. The summed E-state index contributed by atoms with van der Waals surface area (Å²) in [6, 6.07) is 0. The van der Waals surface area contributed by atoms with Crippen LogP contribution in [-0.2, 0) is 80.9 Å². The second-order valence-corrected chi connectivity index (χ2v) is 15.4. The van der Waals surface area contributed by atoms with Crippen LogP contribution in [0.2, 0.25) is 0 Å². The Hall–Kier alpha value is 0.0500.